The maximum absolute atomic E-state index is 14.7. The highest BCUT2D eigenvalue weighted by molar-refractivity contribution is 5.33. The second-order valence-electron chi connectivity index (χ2n) is 4.74. The lowest BCUT2D eigenvalue weighted by atomic mass is 9.82. The standard InChI is InChI=1S/C14H18FN/c1-10(2)14(15)9-16-8-13(14)12-6-4-11(3)5-7-12/h4-7,13,16H,1,8-9H2,2-3H3. The fraction of sp³-hybridized carbons (Fsp3) is 0.429. The zero-order valence-corrected chi connectivity index (χ0v) is 9.89. The predicted molar refractivity (Wildman–Crippen MR) is 65.4 cm³/mol. The Bertz CT molecular complexity index is 396. The molecular formula is C14H18FN. The average molecular weight is 219 g/mol. The number of rotatable bonds is 2. The van der Waals surface area contributed by atoms with Gasteiger partial charge in [-0.1, -0.05) is 36.4 Å². The summed E-state index contributed by atoms with van der Waals surface area (Å²) in [5, 5.41) is 3.12. The Labute approximate surface area is 96.4 Å². The molecular weight excluding hydrogens is 201 g/mol. The highest BCUT2D eigenvalue weighted by Crippen LogP contribution is 2.39. The maximum Gasteiger partial charge on any atom is 0.151 e. The predicted octanol–water partition coefficient (Wildman–Crippen LogP) is 2.97. The Morgan fingerprint density at radius 1 is 1.44 bits per heavy atom. The molecule has 2 rings (SSSR count). The number of aryl methyl sites for hydroxylation is 1. The van der Waals surface area contributed by atoms with Crippen LogP contribution in [0.1, 0.15) is 24.0 Å². The Hall–Kier alpha value is -1.15. The van der Waals surface area contributed by atoms with Gasteiger partial charge in [0.2, 0.25) is 0 Å². The molecule has 2 unspecified atom stereocenters. The number of hydrogen-bond donors (Lipinski definition) is 1. The molecule has 0 aliphatic carbocycles. The number of hydrogen-bond acceptors (Lipinski definition) is 1. The van der Waals surface area contributed by atoms with Crippen molar-refractivity contribution in [3.8, 4) is 0 Å². The van der Waals surface area contributed by atoms with Crippen molar-refractivity contribution in [3.63, 3.8) is 0 Å². The molecule has 16 heavy (non-hydrogen) atoms. The zero-order chi connectivity index (χ0) is 11.8. The van der Waals surface area contributed by atoms with Gasteiger partial charge in [-0.3, -0.25) is 0 Å². The minimum atomic E-state index is -1.30. The van der Waals surface area contributed by atoms with Crippen molar-refractivity contribution >= 4 is 0 Å². The molecule has 0 saturated carbocycles. The van der Waals surface area contributed by atoms with Crippen molar-refractivity contribution in [2.45, 2.75) is 25.4 Å². The normalized spacial score (nSPS) is 29.3. The van der Waals surface area contributed by atoms with E-state index in [2.05, 4.69) is 11.9 Å². The van der Waals surface area contributed by atoms with Crippen LogP contribution < -0.4 is 5.32 Å². The van der Waals surface area contributed by atoms with E-state index >= 15 is 0 Å². The summed E-state index contributed by atoms with van der Waals surface area (Å²) in [6.45, 7) is 8.66. The molecule has 2 atom stereocenters. The van der Waals surface area contributed by atoms with Gasteiger partial charge in [-0.2, -0.15) is 0 Å². The number of halogens is 1. The van der Waals surface area contributed by atoms with E-state index in [9.17, 15) is 4.39 Å². The largest absolute Gasteiger partial charge is 0.312 e. The Kier molecular flexibility index (Phi) is 2.85. The molecule has 0 amide bonds. The van der Waals surface area contributed by atoms with Gasteiger partial charge in [0, 0.05) is 19.0 Å². The molecule has 1 heterocycles. The Balaban J connectivity index is 2.33. The van der Waals surface area contributed by atoms with Crippen LogP contribution in [0.15, 0.2) is 36.4 Å². The first-order valence-corrected chi connectivity index (χ1v) is 5.66. The molecule has 86 valence electrons. The summed E-state index contributed by atoms with van der Waals surface area (Å²) >= 11 is 0. The highest BCUT2D eigenvalue weighted by Gasteiger charge is 2.44. The monoisotopic (exact) mass is 219 g/mol. The summed E-state index contributed by atoms with van der Waals surface area (Å²) in [6, 6.07) is 8.10. The van der Waals surface area contributed by atoms with E-state index in [-0.39, 0.29) is 5.92 Å². The molecule has 2 heteroatoms. The first kappa shape index (κ1) is 11.3. The van der Waals surface area contributed by atoms with Crippen LogP contribution in [0.4, 0.5) is 4.39 Å². The molecule has 1 saturated heterocycles. The molecule has 1 N–H and O–H groups in total. The smallest absolute Gasteiger partial charge is 0.151 e. The van der Waals surface area contributed by atoms with Crippen molar-refractivity contribution < 1.29 is 4.39 Å². The van der Waals surface area contributed by atoms with Crippen LogP contribution in [-0.4, -0.2) is 18.8 Å². The van der Waals surface area contributed by atoms with Crippen molar-refractivity contribution in [1.82, 2.24) is 5.32 Å². The molecule has 0 spiro atoms. The van der Waals surface area contributed by atoms with Crippen LogP contribution in [0.5, 0.6) is 0 Å². The van der Waals surface area contributed by atoms with Gasteiger partial charge in [0.15, 0.2) is 5.67 Å². The van der Waals surface area contributed by atoms with Crippen molar-refractivity contribution in [2.24, 2.45) is 0 Å². The van der Waals surface area contributed by atoms with Crippen LogP contribution in [0, 0.1) is 6.92 Å². The lowest BCUT2D eigenvalue weighted by Gasteiger charge is -2.27. The van der Waals surface area contributed by atoms with E-state index in [0.29, 0.717) is 18.7 Å². The first-order valence-electron chi connectivity index (χ1n) is 5.66. The lowest BCUT2D eigenvalue weighted by Crippen LogP contribution is -2.32. The third-order valence-corrected chi connectivity index (χ3v) is 3.47. The summed E-state index contributed by atoms with van der Waals surface area (Å²) in [5.74, 6) is -0.106. The van der Waals surface area contributed by atoms with Crippen LogP contribution >= 0.6 is 0 Å². The minimum absolute atomic E-state index is 0.106. The lowest BCUT2D eigenvalue weighted by molar-refractivity contribution is 0.214. The van der Waals surface area contributed by atoms with Gasteiger partial charge < -0.3 is 5.32 Å². The quantitative estimate of drug-likeness (QED) is 0.754. The summed E-state index contributed by atoms with van der Waals surface area (Å²) < 4.78 is 14.7. The second kappa shape index (κ2) is 4.02. The van der Waals surface area contributed by atoms with Crippen LogP contribution in [0.2, 0.25) is 0 Å². The van der Waals surface area contributed by atoms with E-state index in [0.717, 1.165) is 5.56 Å². The topological polar surface area (TPSA) is 12.0 Å². The molecule has 0 bridgehead atoms. The van der Waals surface area contributed by atoms with Crippen molar-refractivity contribution in [3.05, 3.63) is 47.5 Å². The van der Waals surface area contributed by atoms with E-state index in [4.69, 9.17) is 0 Å². The molecule has 1 aromatic carbocycles. The molecule has 0 radical (unpaired) electrons. The van der Waals surface area contributed by atoms with Crippen LogP contribution in [0.25, 0.3) is 0 Å². The van der Waals surface area contributed by atoms with Crippen LogP contribution in [-0.2, 0) is 0 Å². The van der Waals surface area contributed by atoms with Gasteiger partial charge in [-0.25, -0.2) is 4.39 Å². The SMILES string of the molecule is C=C(C)C1(F)CNCC1c1ccc(C)cc1. The second-order valence-corrected chi connectivity index (χ2v) is 4.74. The molecule has 1 nitrogen and oxygen atoms in total. The van der Waals surface area contributed by atoms with Gasteiger partial charge in [-0.15, -0.1) is 0 Å². The summed E-state index contributed by atoms with van der Waals surface area (Å²) in [7, 11) is 0. The first-order chi connectivity index (χ1) is 7.54. The molecule has 0 aromatic heterocycles. The molecule has 1 fully saturated rings. The van der Waals surface area contributed by atoms with E-state index in [1.807, 2.05) is 31.2 Å². The maximum atomic E-state index is 14.7. The fourth-order valence-electron chi connectivity index (χ4n) is 2.31. The molecule has 1 aliphatic heterocycles. The third-order valence-electron chi connectivity index (χ3n) is 3.47. The van der Waals surface area contributed by atoms with E-state index < -0.39 is 5.67 Å². The zero-order valence-electron chi connectivity index (χ0n) is 9.89. The summed E-state index contributed by atoms with van der Waals surface area (Å²) in [4.78, 5) is 0. The van der Waals surface area contributed by atoms with Gasteiger partial charge >= 0.3 is 0 Å². The van der Waals surface area contributed by atoms with Crippen molar-refractivity contribution in [2.75, 3.05) is 13.1 Å². The van der Waals surface area contributed by atoms with E-state index in [1.165, 1.54) is 5.56 Å². The number of nitrogens with one attached hydrogen (secondary N) is 1. The highest BCUT2D eigenvalue weighted by atomic mass is 19.1. The Morgan fingerprint density at radius 3 is 2.62 bits per heavy atom. The summed E-state index contributed by atoms with van der Waals surface area (Å²) in [6.07, 6.45) is 0. The van der Waals surface area contributed by atoms with Gasteiger partial charge in [0.05, 0.1) is 0 Å². The number of alkyl halides is 1. The van der Waals surface area contributed by atoms with Gasteiger partial charge in [-0.05, 0) is 25.0 Å². The van der Waals surface area contributed by atoms with Gasteiger partial charge in [0.25, 0.3) is 0 Å². The van der Waals surface area contributed by atoms with Crippen LogP contribution in [0.3, 0.4) is 0 Å². The number of benzene rings is 1. The van der Waals surface area contributed by atoms with Gasteiger partial charge in [0.1, 0.15) is 0 Å². The molecule has 1 aliphatic rings. The van der Waals surface area contributed by atoms with E-state index in [1.54, 1.807) is 6.92 Å². The Morgan fingerprint density at radius 2 is 2.06 bits per heavy atom. The molecule has 1 aromatic rings. The summed E-state index contributed by atoms with van der Waals surface area (Å²) in [5.41, 5.74) is 1.58. The third kappa shape index (κ3) is 1.78. The minimum Gasteiger partial charge on any atom is -0.312 e. The fourth-order valence-corrected chi connectivity index (χ4v) is 2.31. The van der Waals surface area contributed by atoms with Crippen molar-refractivity contribution in [1.29, 1.82) is 0 Å². The average Bonchev–Trinajstić information content (AvgIpc) is 2.63.